The molecule has 0 spiro atoms. The summed E-state index contributed by atoms with van der Waals surface area (Å²) >= 11 is 1.69. The van der Waals surface area contributed by atoms with Crippen molar-refractivity contribution < 1.29 is 0 Å². The molecule has 4 N–H and O–H groups in total. The molecule has 3 rings (SSSR count). The molecule has 0 aliphatic carbocycles. The number of hydrogen-bond donors (Lipinski definition) is 3. The summed E-state index contributed by atoms with van der Waals surface area (Å²) in [6.45, 7) is 5.31. The predicted molar refractivity (Wildman–Crippen MR) is 114 cm³/mol. The van der Waals surface area contributed by atoms with Gasteiger partial charge in [-0.3, -0.25) is 4.98 Å². The van der Waals surface area contributed by atoms with E-state index >= 15 is 0 Å². The van der Waals surface area contributed by atoms with Crippen LogP contribution in [0.5, 0.6) is 0 Å². The normalized spacial score (nSPS) is 10.4. The molecular formula is C21H21N5S. The van der Waals surface area contributed by atoms with Crippen molar-refractivity contribution in [2.45, 2.75) is 4.90 Å². The van der Waals surface area contributed by atoms with Crippen LogP contribution in [0.1, 0.15) is 5.56 Å². The molecule has 0 saturated heterocycles. The lowest BCUT2D eigenvalue weighted by Crippen LogP contribution is -2.23. The van der Waals surface area contributed by atoms with Crippen molar-refractivity contribution in [1.82, 2.24) is 15.6 Å². The van der Waals surface area contributed by atoms with E-state index in [9.17, 15) is 0 Å². The Bertz CT molecular complexity index is 1020. The summed E-state index contributed by atoms with van der Waals surface area (Å²) in [6, 6.07) is 14.2. The van der Waals surface area contributed by atoms with Gasteiger partial charge in [0.1, 0.15) is 0 Å². The van der Waals surface area contributed by atoms with Crippen molar-refractivity contribution >= 4 is 34.0 Å². The second kappa shape index (κ2) is 8.47. The highest BCUT2D eigenvalue weighted by Crippen LogP contribution is 2.39. The third-order valence-electron chi connectivity index (χ3n) is 4.32. The van der Waals surface area contributed by atoms with Crippen LogP contribution in [-0.2, 0) is 0 Å². The molecule has 6 heteroatoms. The lowest BCUT2D eigenvalue weighted by molar-refractivity contribution is 0.786. The Balaban J connectivity index is 2.12. The third-order valence-corrected chi connectivity index (χ3v) is 5.12. The summed E-state index contributed by atoms with van der Waals surface area (Å²) in [6.07, 6.45) is 5.72. The predicted octanol–water partition coefficient (Wildman–Crippen LogP) is 3.84. The van der Waals surface area contributed by atoms with Crippen LogP contribution < -0.4 is 16.4 Å². The fraction of sp³-hybridized carbons (Fsp3) is 0.143. The molecule has 3 aromatic rings. The topological polar surface area (TPSA) is 86.8 Å². The zero-order chi connectivity index (χ0) is 19.2. The molecule has 0 aliphatic heterocycles. The minimum absolute atomic E-state index is 0.531. The maximum absolute atomic E-state index is 8.60. The van der Waals surface area contributed by atoms with Crippen LogP contribution in [0.2, 0.25) is 0 Å². The number of pyridine rings is 1. The first-order valence-electron chi connectivity index (χ1n) is 8.53. The molecule has 2 aromatic carbocycles. The van der Waals surface area contributed by atoms with Gasteiger partial charge in [-0.1, -0.05) is 30.8 Å². The van der Waals surface area contributed by atoms with E-state index in [0.717, 1.165) is 38.2 Å². The zero-order valence-corrected chi connectivity index (χ0v) is 15.9. The highest BCUT2D eigenvalue weighted by Gasteiger charge is 2.16. The lowest BCUT2D eigenvalue weighted by Gasteiger charge is -2.17. The number of thioether (sulfide) groups is 1. The first-order valence-corrected chi connectivity index (χ1v) is 9.75. The summed E-state index contributed by atoms with van der Waals surface area (Å²) in [4.78, 5) is 5.67. The van der Waals surface area contributed by atoms with Crippen LogP contribution in [0, 0.1) is 11.5 Å². The standard InChI is InChI=1S/C21H21N5S/c1-14(25-11-10-24-13-22)17-12-18(15-6-3-4-8-19(15)27-2)20(23)21-16(17)7-5-9-26-21/h3-9,12,24-25H,1,10-11,23H2,2H3. The van der Waals surface area contributed by atoms with Crippen LogP contribution in [0.25, 0.3) is 27.7 Å². The van der Waals surface area contributed by atoms with E-state index in [4.69, 9.17) is 11.0 Å². The molecule has 0 aliphatic rings. The number of anilines is 1. The summed E-state index contributed by atoms with van der Waals surface area (Å²) < 4.78 is 0. The Kier molecular flexibility index (Phi) is 5.84. The van der Waals surface area contributed by atoms with Crippen molar-refractivity contribution in [3.05, 3.63) is 60.8 Å². The number of nitriles is 1. The Hall–Kier alpha value is -3.17. The second-order valence-electron chi connectivity index (χ2n) is 5.93. The van der Waals surface area contributed by atoms with Gasteiger partial charge in [0.2, 0.25) is 0 Å². The average Bonchev–Trinajstić information content (AvgIpc) is 2.71. The summed E-state index contributed by atoms with van der Waals surface area (Å²) in [5, 5.41) is 15.4. The molecule has 27 heavy (non-hydrogen) atoms. The van der Waals surface area contributed by atoms with E-state index in [0.29, 0.717) is 18.8 Å². The molecule has 0 unspecified atom stereocenters. The Morgan fingerprint density at radius 3 is 2.81 bits per heavy atom. The number of rotatable bonds is 7. The lowest BCUT2D eigenvalue weighted by atomic mass is 9.95. The van der Waals surface area contributed by atoms with Crippen LogP contribution in [0.3, 0.4) is 0 Å². The molecule has 0 saturated carbocycles. The molecule has 1 aromatic heterocycles. The van der Waals surface area contributed by atoms with E-state index < -0.39 is 0 Å². The van der Waals surface area contributed by atoms with Gasteiger partial charge in [-0.25, -0.2) is 0 Å². The molecule has 0 radical (unpaired) electrons. The highest BCUT2D eigenvalue weighted by molar-refractivity contribution is 7.98. The van der Waals surface area contributed by atoms with Gasteiger partial charge >= 0.3 is 0 Å². The van der Waals surface area contributed by atoms with Gasteiger partial charge < -0.3 is 16.4 Å². The van der Waals surface area contributed by atoms with Crippen LogP contribution >= 0.6 is 11.8 Å². The number of benzene rings is 2. The molecular weight excluding hydrogens is 354 g/mol. The van der Waals surface area contributed by atoms with E-state index in [1.165, 1.54) is 0 Å². The molecule has 0 fully saturated rings. The summed E-state index contributed by atoms with van der Waals surface area (Å²) in [5.74, 6) is 0. The van der Waals surface area contributed by atoms with Crippen LogP contribution in [0.4, 0.5) is 5.69 Å². The van der Waals surface area contributed by atoms with Gasteiger partial charge in [0.15, 0.2) is 6.19 Å². The molecule has 136 valence electrons. The van der Waals surface area contributed by atoms with Gasteiger partial charge in [0, 0.05) is 46.4 Å². The number of nitrogens with two attached hydrogens (primary N) is 1. The minimum atomic E-state index is 0.531. The minimum Gasteiger partial charge on any atom is -0.396 e. The number of aromatic nitrogens is 1. The highest BCUT2D eigenvalue weighted by atomic mass is 32.2. The molecule has 0 amide bonds. The zero-order valence-electron chi connectivity index (χ0n) is 15.1. The van der Waals surface area contributed by atoms with E-state index in [1.54, 1.807) is 18.0 Å². The first kappa shape index (κ1) is 18.6. The van der Waals surface area contributed by atoms with Gasteiger partial charge in [-0.2, -0.15) is 5.26 Å². The largest absolute Gasteiger partial charge is 0.396 e. The SMILES string of the molecule is C=C(NCCNC#N)c1cc(-c2ccccc2SC)c(N)c2ncccc12. The van der Waals surface area contributed by atoms with E-state index in [2.05, 4.69) is 46.7 Å². The number of fused-ring (bicyclic) bond motifs is 1. The number of nitrogen functional groups attached to an aromatic ring is 1. The quantitative estimate of drug-likeness (QED) is 0.191. The smallest absolute Gasteiger partial charge is 0.176 e. The Labute approximate surface area is 163 Å². The van der Waals surface area contributed by atoms with E-state index in [-0.39, 0.29) is 0 Å². The number of nitrogens with one attached hydrogen (secondary N) is 2. The summed E-state index contributed by atoms with van der Waals surface area (Å²) in [5.41, 5.74) is 11.7. The maximum Gasteiger partial charge on any atom is 0.176 e. The molecule has 0 bridgehead atoms. The average molecular weight is 376 g/mol. The van der Waals surface area contributed by atoms with E-state index in [1.807, 2.05) is 30.5 Å². The molecule has 1 heterocycles. The van der Waals surface area contributed by atoms with Crippen LogP contribution in [-0.4, -0.2) is 24.3 Å². The van der Waals surface area contributed by atoms with Gasteiger partial charge in [0.05, 0.1) is 11.2 Å². The van der Waals surface area contributed by atoms with Gasteiger partial charge in [0.25, 0.3) is 0 Å². The first-order chi connectivity index (χ1) is 13.2. The summed E-state index contributed by atoms with van der Waals surface area (Å²) in [7, 11) is 0. The Morgan fingerprint density at radius 2 is 2.04 bits per heavy atom. The second-order valence-corrected chi connectivity index (χ2v) is 6.78. The molecule has 5 nitrogen and oxygen atoms in total. The number of nitrogens with zero attached hydrogens (tertiary/aromatic N) is 2. The number of hydrogen-bond acceptors (Lipinski definition) is 6. The van der Waals surface area contributed by atoms with Crippen LogP contribution in [0.15, 0.2) is 60.1 Å². The van der Waals surface area contributed by atoms with Gasteiger partial charge in [-0.05, 0) is 30.0 Å². The maximum atomic E-state index is 8.60. The third kappa shape index (κ3) is 3.83. The fourth-order valence-corrected chi connectivity index (χ4v) is 3.64. The van der Waals surface area contributed by atoms with Crippen molar-refractivity contribution in [1.29, 1.82) is 5.26 Å². The van der Waals surface area contributed by atoms with Crippen molar-refractivity contribution in [2.24, 2.45) is 0 Å². The van der Waals surface area contributed by atoms with Crippen molar-refractivity contribution in [3.8, 4) is 17.3 Å². The fourth-order valence-electron chi connectivity index (χ4n) is 3.03. The van der Waals surface area contributed by atoms with Gasteiger partial charge in [-0.15, -0.1) is 11.8 Å². The Morgan fingerprint density at radius 1 is 1.22 bits per heavy atom. The molecule has 0 atom stereocenters. The van der Waals surface area contributed by atoms with Crippen molar-refractivity contribution in [2.75, 3.05) is 25.1 Å². The van der Waals surface area contributed by atoms with Crippen molar-refractivity contribution in [3.63, 3.8) is 0 Å². The monoisotopic (exact) mass is 375 g/mol.